The van der Waals surface area contributed by atoms with Gasteiger partial charge in [0.1, 0.15) is 5.15 Å². The van der Waals surface area contributed by atoms with E-state index < -0.39 is 0 Å². The summed E-state index contributed by atoms with van der Waals surface area (Å²) >= 11 is 5.82. The molecule has 2 aromatic rings. The largest absolute Gasteiger partial charge is 0.394 e. The van der Waals surface area contributed by atoms with Crippen molar-refractivity contribution < 1.29 is 5.11 Å². The Morgan fingerprint density at radius 1 is 1.22 bits per heavy atom. The number of aliphatic hydroxyl groups is 1. The van der Waals surface area contributed by atoms with Crippen LogP contribution in [0.25, 0.3) is 0 Å². The highest BCUT2D eigenvalue weighted by Crippen LogP contribution is 2.14. The van der Waals surface area contributed by atoms with Crippen LogP contribution in [-0.4, -0.2) is 22.7 Å². The van der Waals surface area contributed by atoms with E-state index in [4.69, 9.17) is 11.6 Å². The van der Waals surface area contributed by atoms with Crippen LogP contribution in [0.15, 0.2) is 48.7 Å². The quantitative estimate of drug-likeness (QED) is 0.815. The number of hydrogen-bond acceptors (Lipinski definition) is 3. The molecular formula is C14H15ClN2O. The number of benzene rings is 1. The van der Waals surface area contributed by atoms with Crippen molar-refractivity contribution in [1.82, 2.24) is 4.98 Å². The van der Waals surface area contributed by atoms with Crippen molar-refractivity contribution in [2.24, 2.45) is 0 Å². The van der Waals surface area contributed by atoms with Gasteiger partial charge in [-0.2, -0.15) is 0 Å². The molecule has 1 aromatic heterocycles. The molecule has 0 bridgehead atoms. The van der Waals surface area contributed by atoms with Crippen LogP contribution in [0.4, 0.5) is 5.69 Å². The van der Waals surface area contributed by atoms with Gasteiger partial charge in [-0.3, -0.25) is 0 Å². The molecule has 0 aliphatic carbocycles. The normalized spacial score (nSPS) is 12.1. The Bertz CT molecular complexity index is 490. The zero-order valence-corrected chi connectivity index (χ0v) is 10.6. The summed E-state index contributed by atoms with van der Waals surface area (Å²) in [6, 6.07) is 13.6. The summed E-state index contributed by atoms with van der Waals surface area (Å²) < 4.78 is 0. The number of anilines is 1. The first-order valence-electron chi connectivity index (χ1n) is 5.81. The van der Waals surface area contributed by atoms with Crippen LogP contribution in [0.5, 0.6) is 0 Å². The van der Waals surface area contributed by atoms with Crippen LogP contribution >= 0.6 is 11.6 Å². The molecular weight excluding hydrogens is 248 g/mol. The zero-order chi connectivity index (χ0) is 12.8. The number of nitrogens with one attached hydrogen (secondary N) is 1. The number of aromatic nitrogens is 1. The molecule has 0 radical (unpaired) electrons. The molecule has 0 saturated carbocycles. The summed E-state index contributed by atoms with van der Waals surface area (Å²) in [6.07, 6.45) is 2.40. The minimum atomic E-state index is -0.0362. The van der Waals surface area contributed by atoms with Gasteiger partial charge in [0.25, 0.3) is 0 Å². The van der Waals surface area contributed by atoms with Crippen molar-refractivity contribution in [3.63, 3.8) is 0 Å². The standard InChI is InChI=1S/C14H15ClN2O/c15-14-9-12(6-7-16-14)17-13(10-18)8-11-4-2-1-3-5-11/h1-7,9,13,18H,8,10H2,(H,16,17). The lowest BCUT2D eigenvalue weighted by Gasteiger charge is -2.17. The SMILES string of the molecule is OCC(Cc1ccccc1)Nc1ccnc(Cl)c1. The van der Waals surface area contributed by atoms with E-state index in [1.165, 1.54) is 5.56 Å². The van der Waals surface area contributed by atoms with Crippen LogP contribution in [0.1, 0.15) is 5.56 Å². The summed E-state index contributed by atoms with van der Waals surface area (Å²) in [5, 5.41) is 13.1. The van der Waals surface area contributed by atoms with E-state index in [1.54, 1.807) is 12.3 Å². The molecule has 1 aromatic carbocycles. The van der Waals surface area contributed by atoms with Gasteiger partial charge in [-0.25, -0.2) is 4.98 Å². The molecule has 1 heterocycles. The van der Waals surface area contributed by atoms with Gasteiger partial charge >= 0.3 is 0 Å². The predicted octanol–water partition coefficient (Wildman–Crippen LogP) is 2.75. The second-order valence-corrected chi connectivity index (χ2v) is 4.47. The van der Waals surface area contributed by atoms with Crippen LogP contribution < -0.4 is 5.32 Å². The molecule has 0 saturated heterocycles. The maximum absolute atomic E-state index is 9.41. The van der Waals surface area contributed by atoms with Gasteiger partial charge in [0.05, 0.1) is 12.6 Å². The fourth-order valence-corrected chi connectivity index (χ4v) is 1.96. The Hall–Kier alpha value is -1.58. The van der Waals surface area contributed by atoms with Crippen molar-refractivity contribution in [2.45, 2.75) is 12.5 Å². The number of pyridine rings is 1. The lowest BCUT2D eigenvalue weighted by atomic mass is 10.1. The molecule has 0 fully saturated rings. The third-order valence-electron chi connectivity index (χ3n) is 2.64. The van der Waals surface area contributed by atoms with Gasteiger partial charge in [-0.05, 0) is 24.1 Å². The molecule has 0 aliphatic rings. The Labute approximate surface area is 111 Å². The van der Waals surface area contributed by atoms with Crippen molar-refractivity contribution >= 4 is 17.3 Å². The fraction of sp³-hybridized carbons (Fsp3) is 0.214. The Balaban J connectivity index is 2.01. The van der Waals surface area contributed by atoms with Crippen molar-refractivity contribution in [2.75, 3.05) is 11.9 Å². The molecule has 94 valence electrons. The van der Waals surface area contributed by atoms with Gasteiger partial charge in [0.15, 0.2) is 0 Å². The van der Waals surface area contributed by atoms with E-state index in [9.17, 15) is 5.11 Å². The third kappa shape index (κ3) is 3.72. The van der Waals surface area contributed by atoms with E-state index in [2.05, 4.69) is 10.3 Å². The Kier molecular flexibility index (Phi) is 4.56. The lowest BCUT2D eigenvalue weighted by Crippen LogP contribution is -2.26. The van der Waals surface area contributed by atoms with E-state index in [-0.39, 0.29) is 12.6 Å². The molecule has 18 heavy (non-hydrogen) atoms. The van der Waals surface area contributed by atoms with Crippen molar-refractivity contribution in [3.8, 4) is 0 Å². The van der Waals surface area contributed by atoms with Gasteiger partial charge < -0.3 is 10.4 Å². The van der Waals surface area contributed by atoms with Gasteiger partial charge in [0, 0.05) is 11.9 Å². The molecule has 0 aliphatic heterocycles. The second kappa shape index (κ2) is 6.38. The highest BCUT2D eigenvalue weighted by atomic mass is 35.5. The molecule has 4 heteroatoms. The number of halogens is 1. The highest BCUT2D eigenvalue weighted by Gasteiger charge is 2.08. The average Bonchev–Trinajstić information content (AvgIpc) is 2.39. The first-order chi connectivity index (χ1) is 8.78. The molecule has 0 spiro atoms. The fourth-order valence-electron chi connectivity index (χ4n) is 1.79. The molecule has 0 amide bonds. The van der Waals surface area contributed by atoms with Crippen LogP contribution in [0.2, 0.25) is 5.15 Å². The van der Waals surface area contributed by atoms with E-state index in [1.807, 2.05) is 36.4 Å². The van der Waals surface area contributed by atoms with Gasteiger partial charge in [0.2, 0.25) is 0 Å². The number of rotatable bonds is 5. The Morgan fingerprint density at radius 2 is 2.00 bits per heavy atom. The molecule has 2 N–H and O–H groups in total. The second-order valence-electron chi connectivity index (χ2n) is 4.08. The summed E-state index contributed by atoms with van der Waals surface area (Å²) in [7, 11) is 0. The zero-order valence-electron chi connectivity index (χ0n) is 9.88. The van der Waals surface area contributed by atoms with Gasteiger partial charge in [-0.15, -0.1) is 0 Å². The lowest BCUT2D eigenvalue weighted by molar-refractivity contribution is 0.273. The monoisotopic (exact) mass is 262 g/mol. The van der Waals surface area contributed by atoms with Crippen LogP contribution in [-0.2, 0) is 6.42 Å². The van der Waals surface area contributed by atoms with Crippen molar-refractivity contribution in [3.05, 3.63) is 59.4 Å². The molecule has 3 nitrogen and oxygen atoms in total. The minimum absolute atomic E-state index is 0.0362. The highest BCUT2D eigenvalue weighted by molar-refractivity contribution is 6.29. The Morgan fingerprint density at radius 3 is 2.67 bits per heavy atom. The molecule has 1 atom stereocenters. The van der Waals surface area contributed by atoms with Crippen LogP contribution in [0, 0.1) is 0 Å². The molecule has 2 rings (SSSR count). The topological polar surface area (TPSA) is 45.1 Å². The first-order valence-corrected chi connectivity index (χ1v) is 6.18. The van der Waals surface area contributed by atoms with Crippen LogP contribution in [0.3, 0.4) is 0 Å². The van der Waals surface area contributed by atoms with E-state index in [0.29, 0.717) is 5.15 Å². The maximum atomic E-state index is 9.41. The van der Waals surface area contributed by atoms with Gasteiger partial charge in [-0.1, -0.05) is 41.9 Å². The summed E-state index contributed by atoms with van der Waals surface area (Å²) in [5.74, 6) is 0. The van der Waals surface area contributed by atoms with Crippen molar-refractivity contribution in [1.29, 1.82) is 0 Å². The van der Waals surface area contributed by atoms with E-state index in [0.717, 1.165) is 12.1 Å². The third-order valence-corrected chi connectivity index (χ3v) is 2.85. The smallest absolute Gasteiger partial charge is 0.131 e. The average molecular weight is 263 g/mol. The number of aliphatic hydroxyl groups excluding tert-OH is 1. The predicted molar refractivity (Wildman–Crippen MR) is 73.9 cm³/mol. The molecule has 1 unspecified atom stereocenters. The number of hydrogen-bond donors (Lipinski definition) is 2. The minimum Gasteiger partial charge on any atom is -0.394 e. The van der Waals surface area contributed by atoms with E-state index >= 15 is 0 Å². The maximum Gasteiger partial charge on any atom is 0.131 e. The summed E-state index contributed by atoms with van der Waals surface area (Å²) in [4.78, 5) is 3.92. The number of nitrogens with zero attached hydrogens (tertiary/aromatic N) is 1. The summed E-state index contributed by atoms with van der Waals surface area (Å²) in [6.45, 7) is 0.0643. The first kappa shape index (κ1) is 12.9. The summed E-state index contributed by atoms with van der Waals surface area (Å²) in [5.41, 5.74) is 2.05.